The first-order valence-corrected chi connectivity index (χ1v) is 7.66. The fourth-order valence-electron chi connectivity index (χ4n) is 2.96. The highest BCUT2D eigenvalue weighted by Gasteiger charge is 2.29. The van der Waals surface area contributed by atoms with Gasteiger partial charge in [0.05, 0.1) is 6.04 Å². The Morgan fingerprint density at radius 2 is 2.09 bits per heavy atom. The van der Waals surface area contributed by atoms with Gasteiger partial charge in [-0.05, 0) is 42.7 Å². The van der Waals surface area contributed by atoms with Crippen molar-refractivity contribution in [1.82, 2.24) is 15.2 Å². The maximum absolute atomic E-state index is 13.0. The second kappa shape index (κ2) is 7.57. The summed E-state index contributed by atoms with van der Waals surface area (Å²) in [6.45, 7) is 6.37. The van der Waals surface area contributed by atoms with E-state index in [1.807, 2.05) is 55.3 Å². The molecule has 122 valence electrons. The zero-order valence-corrected chi connectivity index (χ0v) is 14.3. The third-order valence-corrected chi connectivity index (χ3v) is 4.41. The van der Waals surface area contributed by atoms with Crippen LogP contribution < -0.4 is 5.32 Å². The molecular weight excluding hydrogens is 310 g/mol. The Kier molecular flexibility index (Phi) is 5.74. The first-order valence-electron chi connectivity index (χ1n) is 7.66. The van der Waals surface area contributed by atoms with Crippen LogP contribution >= 0.6 is 12.4 Å². The van der Waals surface area contributed by atoms with Crippen LogP contribution in [0, 0.1) is 13.8 Å². The number of hydrogen-bond donors (Lipinski definition) is 1. The van der Waals surface area contributed by atoms with Gasteiger partial charge >= 0.3 is 0 Å². The van der Waals surface area contributed by atoms with E-state index in [9.17, 15) is 4.79 Å². The van der Waals surface area contributed by atoms with Crippen LogP contribution in [0.5, 0.6) is 0 Å². The van der Waals surface area contributed by atoms with E-state index in [-0.39, 0.29) is 24.4 Å². The van der Waals surface area contributed by atoms with E-state index in [2.05, 4.69) is 10.3 Å². The number of nitrogens with one attached hydrogen (secondary N) is 1. The molecule has 1 aliphatic heterocycles. The molecule has 0 bridgehead atoms. The molecule has 0 spiro atoms. The van der Waals surface area contributed by atoms with Gasteiger partial charge in [-0.15, -0.1) is 12.4 Å². The number of pyridine rings is 1. The summed E-state index contributed by atoms with van der Waals surface area (Å²) >= 11 is 0. The van der Waals surface area contributed by atoms with Crippen molar-refractivity contribution >= 4 is 18.3 Å². The minimum Gasteiger partial charge on any atom is -0.329 e. The van der Waals surface area contributed by atoms with Crippen molar-refractivity contribution in [2.75, 3.05) is 19.6 Å². The predicted octanol–water partition coefficient (Wildman–Crippen LogP) is 2.91. The van der Waals surface area contributed by atoms with E-state index in [1.54, 1.807) is 6.20 Å². The van der Waals surface area contributed by atoms with Crippen LogP contribution in [0.15, 0.2) is 42.7 Å². The van der Waals surface area contributed by atoms with Crippen LogP contribution in [0.25, 0.3) is 0 Å². The average Bonchev–Trinajstić information content (AvgIpc) is 2.57. The van der Waals surface area contributed by atoms with Crippen LogP contribution in [-0.2, 0) is 0 Å². The van der Waals surface area contributed by atoms with Crippen molar-refractivity contribution in [3.63, 3.8) is 0 Å². The van der Waals surface area contributed by atoms with Gasteiger partial charge in [0.1, 0.15) is 0 Å². The molecule has 0 radical (unpaired) electrons. The van der Waals surface area contributed by atoms with Crippen LogP contribution in [0.2, 0.25) is 0 Å². The quantitative estimate of drug-likeness (QED) is 0.920. The SMILES string of the molecule is Cc1cccc(C(=O)N2CCNCC2c2cccnc2)c1C.Cl. The summed E-state index contributed by atoms with van der Waals surface area (Å²) in [5.41, 5.74) is 4.10. The number of benzene rings is 1. The van der Waals surface area contributed by atoms with Crippen molar-refractivity contribution in [2.24, 2.45) is 0 Å². The number of aryl methyl sites for hydroxylation is 1. The van der Waals surface area contributed by atoms with Crippen molar-refractivity contribution in [3.05, 3.63) is 65.0 Å². The molecule has 0 aliphatic carbocycles. The number of halogens is 1. The molecule has 1 aliphatic rings. The predicted molar refractivity (Wildman–Crippen MR) is 94.0 cm³/mol. The zero-order valence-electron chi connectivity index (χ0n) is 13.5. The van der Waals surface area contributed by atoms with Crippen molar-refractivity contribution in [3.8, 4) is 0 Å². The van der Waals surface area contributed by atoms with Crippen LogP contribution in [0.4, 0.5) is 0 Å². The van der Waals surface area contributed by atoms with E-state index < -0.39 is 0 Å². The standard InChI is InChI=1S/C18H21N3O.ClH/c1-13-5-3-7-16(14(13)2)18(22)21-10-9-20-12-17(21)15-6-4-8-19-11-15;/h3-8,11,17,20H,9-10,12H2,1-2H3;1H. The molecule has 4 nitrogen and oxygen atoms in total. The normalized spacial score (nSPS) is 17.5. The molecule has 1 amide bonds. The monoisotopic (exact) mass is 331 g/mol. The minimum absolute atomic E-state index is 0. The smallest absolute Gasteiger partial charge is 0.254 e. The summed E-state index contributed by atoms with van der Waals surface area (Å²) in [7, 11) is 0. The van der Waals surface area contributed by atoms with Gasteiger partial charge in [-0.2, -0.15) is 0 Å². The number of aromatic nitrogens is 1. The fourth-order valence-corrected chi connectivity index (χ4v) is 2.96. The van der Waals surface area contributed by atoms with Gasteiger partial charge in [0, 0.05) is 37.6 Å². The molecule has 1 aromatic carbocycles. The number of rotatable bonds is 2. The third-order valence-electron chi connectivity index (χ3n) is 4.41. The van der Waals surface area contributed by atoms with Crippen molar-refractivity contribution in [2.45, 2.75) is 19.9 Å². The Morgan fingerprint density at radius 3 is 2.83 bits per heavy atom. The highest BCUT2D eigenvalue weighted by atomic mass is 35.5. The average molecular weight is 332 g/mol. The van der Waals surface area contributed by atoms with Gasteiger partial charge in [-0.25, -0.2) is 0 Å². The number of carbonyl (C=O) groups excluding carboxylic acids is 1. The second-order valence-electron chi connectivity index (χ2n) is 5.75. The van der Waals surface area contributed by atoms with Crippen molar-refractivity contribution < 1.29 is 4.79 Å². The Balaban J connectivity index is 0.00000192. The van der Waals surface area contributed by atoms with Gasteiger partial charge in [0.15, 0.2) is 0 Å². The van der Waals surface area contributed by atoms with E-state index in [0.717, 1.165) is 35.3 Å². The van der Waals surface area contributed by atoms with E-state index in [4.69, 9.17) is 0 Å². The lowest BCUT2D eigenvalue weighted by Gasteiger charge is -2.36. The maximum atomic E-state index is 13.0. The molecule has 1 aromatic heterocycles. The lowest BCUT2D eigenvalue weighted by atomic mass is 9.99. The lowest BCUT2D eigenvalue weighted by Crippen LogP contribution is -2.48. The minimum atomic E-state index is 0. The molecule has 0 saturated carbocycles. The first kappa shape index (κ1) is 17.4. The van der Waals surface area contributed by atoms with E-state index >= 15 is 0 Å². The highest BCUT2D eigenvalue weighted by molar-refractivity contribution is 5.96. The van der Waals surface area contributed by atoms with Crippen LogP contribution in [0.1, 0.15) is 33.1 Å². The van der Waals surface area contributed by atoms with E-state index in [1.165, 1.54) is 0 Å². The fraction of sp³-hybridized carbons (Fsp3) is 0.333. The number of nitrogens with zero attached hydrogens (tertiary/aromatic N) is 2. The van der Waals surface area contributed by atoms with Gasteiger partial charge in [0.2, 0.25) is 0 Å². The summed E-state index contributed by atoms with van der Waals surface area (Å²) in [4.78, 5) is 19.2. The Bertz CT molecular complexity index is 675. The number of piperazine rings is 1. The number of amides is 1. The largest absolute Gasteiger partial charge is 0.329 e. The molecule has 2 aromatic rings. The zero-order chi connectivity index (χ0) is 15.5. The topological polar surface area (TPSA) is 45.2 Å². The molecule has 1 unspecified atom stereocenters. The van der Waals surface area contributed by atoms with Crippen LogP contribution in [-0.4, -0.2) is 35.4 Å². The molecule has 2 heterocycles. The van der Waals surface area contributed by atoms with Crippen molar-refractivity contribution in [1.29, 1.82) is 0 Å². The van der Waals surface area contributed by atoms with Gasteiger partial charge in [-0.1, -0.05) is 18.2 Å². The summed E-state index contributed by atoms with van der Waals surface area (Å²) < 4.78 is 0. The Hall–Kier alpha value is -1.91. The molecule has 3 rings (SSSR count). The lowest BCUT2D eigenvalue weighted by molar-refractivity contribution is 0.0633. The van der Waals surface area contributed by atoms with Gasteiger partial charge < -0.3 is 10.2 Å². The Morgan fingerprint density at radius 1 is 1.26 bits per heavy atom. The van der Waals surface area contributed by atoms with Gasteiger partial charge in [-0.3, -0.25) is 9.78 Å². The molecule has 23 heavy (non-hydrogen) atoms. The Labute approximate surface area is 143 Å². The molecule has 1 fully saturated rings. The number of hydrogen-bond acceptors (Lipinski definition) is 3. The summed E-state index contributed by atoms with van der Waals surface area (Å²) in [6, 6.07) is 9.92. The van der Waals surface area contributed by atoms with Gasteiger partial charge in [0.25, 0.3) is 5.91 Å². The summed E-state index contributed by atoms with van der Waals surface area (Å²) in [6.07, 6.45) is 3.61. The number of carbonyl (C=O) groups is 1. The van der Waals surface area contributed by atoms with E-state index in [0.29, 0.717) is 6.54 Å². The molecule has 1 N–H and O–H groups in total. The highest BCUT2D eigenvalue weighted by Crippen LogP contribution is 2.25. The second-order valence-corrected chi connectivity index (χ2v) is 5.75. The third kappa shape index (κ3) is 3.54. The summed E-state index contributed by atoms with van der Waals surface area (Å²) in [5, 5.41) is 3.37. The first-order chi connectivity index (χ1) is 10.7. The van der Waals surface area contributed by atoms with Crippen LogP contribution in [0.3, 0.4) is 0 Å². The summed E-state index contributed by atoms with van der Waals surface area (Å²) in [5.74, 6) is 0.108. The molecule has 1 atom stereocenters. The molecular formula is C18H22ClN3O. The maximum Gasteiger partial charge on any atom is 0.254 e. The molecule has 5 heteroatoms. The molecule has 1 saturated heterocycles.